The van der Waals surface area contributed by atoms with Crippen molar-refractivity contribution in [3.8, 4) is 0 Å². The van der Waals surface area contributed by atoms with Crippen molar-refractivity contribution in [3.05, 3.63) is 29.3 Å². The van der Waals surface area contributed by atoms with Crippen molar-refractivity contribution in [1.29, 1.82) is 0 Å². The lowest BCUT2D eigenvalue weighted by molar-refractivity contribution is 0.440. The highest BCUT2D eigenvalue weighted by atomic mass is 35.5. The van der Waals surface area contributed by atoms with Crippen LogP contribution in [0.4, 0.5) is 5.69 Å². The highest BCUT2D eigenvalue weighted by Gasteiger charge is 2.39. The third-order valence-corrected chi connectivity index (χ3v) is 4.28. The Morgan fingerprint density at radius 1 is 1.13 bits per heavy atom. The number of benzene rings is 1. The zero-order chi connectivity index (χ0) is 10.3. The largest absolute Gasteiger partial charge is 0.381 e. The molecule has 1 aromatic carbocycles. The van der Waals surface area contributed by atoms with Crippen LogP contribution in [-0.2, 0) is 0 Å². The van der Waals surface area contributed by atoms with E-state index in [1.165, 1.54) is 25.7 Å². The molecule has 1 aromatic rings. The molecule has 1 nitrogen and oxygen atoms in total. The summed E-state index contributed by atoms with van der Waals surface area (Å²) >= 11 is 6.14. The first-order valence-corrected chi connectivity index (χ1v) is 6.22. The molecule has 0 saturated heterocycles. The molecule has 0 aromatic heterocycles. The fourth-order valence-electron chi connectivity index (χ4n) is 3.20. The molecule has 0 radical (unpaired) electrons. The first kappa shape index (κ1) is 9.53. The van der Waals surface area contributed by atoms with Crippen LogP contribution in [0.5, 0.6) is 0 Å². The van der Waals surface area contributed by atoms with Crippen LogP contribution in [0.15, 0.2) is 24.3 Å². The maximum atomic E-state index is 6.14. The van der Waals surface area contributed by atoms with E-state index in [4.69, 9.17) is 11.6 Å². The molecule has 2 heteroatoms. The average molecular weight is 222 g/mol. The molecule has 2 aliphatic rings. The zero-order valence-electron chi connectivity index (χ0n) is 8.75. The van der Waals surface area contributed by atoms with Gasteiger partial charge >= 0.3 is 0 Å². The van der Waals surface area contributed by atoms with Crippen LogP contribution in [0.3, 0.4) is 0 Å². The van der Waals surface area contributed by atoms with Crippen LogP contribution in [0.25, 0.3) is 0 Å². The minimum Gasteiger partial charge on any atom is -0.381 e. The van der Waals surface area contributed by atoms with Gasteiger partial charge in [0.1, 0.15) is 0 Å². The number of nitrogens with one attached hydrogen (secondary N) is 1. The van der Waals surface area contributed by atoms with E-state index in [9.17, 15) is 0 Å². The summed E-state index contributed by atoms with van der Waals surface area (Å²) in [5, 5.41) is 4.46. The van der Waals surface area contributed by atoms with Gasteiger partial charge in [-0.05, 0) is 43.2 Å². The Bertz CT molecular complexity index is 363. The van der Waals surface area contributed by atoms with E-state index in [-0.39, 0.29) is 0 Å². The van der Waals surface area contributed by atoms with Gasteiger partial charge in [-0.3, -0.25) is 0 Å². The molecule has 2 fully saturated rings. The molecule has 3 unspecified atom stereocenters. The Balaban J connectivity index is 1.73. The molecule has 0 heterocycles. The van der Waals surface area contributed by atoms with Crippen molar-refractivity contribution >= 4 is 17.3 Å². The summed E-state index contributed by atoms with van der Waals surface area (Å²) in [7, 11) is 0. The monoisotopic (exact) mass is 221 g/mol. The smallest absolute Gasteiger partial charge is 0.0637 e. The molecule has 0 spiro atoms. The SMILES string of the molecule is Clc1ccccc1NC1CC2CCC1C2. The van der Waals surface area contributed by atoms with E-state index in [1.807, 2.05) is 18.2 Å². The van der Waals surface area contributed by atoms with Crippen molar-refractivity contribution in [1.82, 2.24) is 0 Å². The number of anilines is 1. The third-order valence-electron chi connectivity index (χ3n) is 3.95. The van der Waals surface area contributed by atoms with E-state index >= 15 is 0 Å². The maximum absolute atomic E-state index is 6.14. The lowest BCUT2D eigenvalue weighted by Crippen LogP contribution is -2.25. The van der Waals surface area contributed by atoms with Crippen LogP contribution >= 0.6 is 11.6 Å². The fraction of sp³-hybridized carbons (Fsp3) is 0.538. The Kier molecular flexibility index (Phi) is 2.36. The zero-order valence-corrected chi connectivity index (χ0v) is 9.50. The van der Waals surface area contributed by atoms with Gasteiger partial charge in [0.15, 0.2) is 0 Å². The molecule has 0 amide bonds. The summed E-state index contributed by atoms with van der Waals surface area (Å²) in [6.45, 7) is 0. The maximum Gasteiger partial charge on any atom is 0.0637 e. The Morgan fingerprint density at radius 3 is 2.67 bits per heavy atom. The summed E-state index contributed by atoms with van der Waals surface area (Å²) in [6.07, 6.45) is 5.64. The van der Waals surface area contributed by atoms with Crippen LogP contribution < -0.4 is 5.32 Å². The van der Waals surface area contributed by atoms with E-state index < -0.39 is 0 Å². The number of rotatable bonds is 2. The fourth-order valence-corrected chi connectivity index (χ4v) is 3.39. The predicted octanol–water partition coefficient (Wildman–Crippen LogP) is 3.94. The molecule has 3 atom stereocenters. The van der Waals surface area contributed by atoms with Gasteiger partial charge in [-0.25, -0.2) is 0 Å². The quantitative estimate of drug-likeness (QED) is 0.798. The van der Waals surface area contributed by atoms with Crippen LogP contribution in [0, 0.1) is 11.8 Å². The number of hydrogen-bond acceptors (Lipinski definition) is 1. The second-order valence-electron chi connectivity index (χ2n) is 4.91. The summed E-state index contributed by atoms with van der Waals surface area (Å²) in [5.74, 6) is 1.88. The number of hydrogen-bond donors (Lipinski definition) is 1. The predicted molar refractivity (Wildman–Crippen MR) is 64.3 cm³/mol. The molecule has 2 aliphatic carbocycles. The Labute approximate surface area is 95.8 Å². The number of para-hydroxylation sites is 1. The van der Waals surface area contributed by atoms with E-state index in [0.717, 1.165) is 22.5 Å². The highest BCUT2D eigenvalue weighted by molar-refractivity contribution is 6.33. The first-order chi connectivity index (χ1) is 7.33. The third kappa shape index (κ3) is 1.74. The number of halogens is 1. The second kappa shape index (κ2) is 3.71. The topological polar surface area (TPSA) is 12.0 Å². The van der Waals surface area contributed by atoms with Crippen molar-refractivity contribution in [2.24, 2.45) is 11.8 Å². The standard InChI is InChI=1S/C13H16ClN/c14-11-3-1-2-4-12(11)15-13-8-9-5-6-10(13)7-9/h1-4,9-10,13,15H,5-8H2. The molecule has 2 saturated carbocycles. The Hall–Kier alpha value is -0.690. The summed E-state index contributed by atoms with van der Waals surface area (Å²) < 4.78 is 0. The van der Waals surface area contributed by atoms with E-state index in [2.05, 4.69) is 11.4 Å². The minimum absolute atomic E-state index is 0.670. The van der Waals surface area contributed by atoms with Gasteiger partial charge < -0.3 is 5.32 Å². The molecular weight excluding hydrogens is 206 g/mol. The highest BCUT2D eigenvalue weighted by Crippen LogP contribution is 2.45. The van der Waals surface area contributed by atoms with Gasteiger partial charge in [-0.15, -0.1) is 0 Å². The van der Waals surface area contributed by atoms with Crippen molar-refractivity contribution in [2.45, 2.75) is 31.7 Å². The molecule has 3 rings (SSSR count). The van der Waals surface area contributed by atoms with Gasteiger partial charge in [0.05, 0.1) is 10.7 Å². The van der Waals surface area contributed by atoms with Gasteiger partial charge in [0, 0.05) is 6.04 Å². The summed E-state index contributed by atoms with van der Waals surface area (Å²) in [4.78, 5) is 0. The molecule has 2 bridgehead atoms. The van der Waals surface area contributed by atoms with Gasteiger partial charge in [0.25, 0.3) is 0 Å². The minimum atomic E-state index is 0.670. The van der Waals surface area contributed by atoms with Crippen LogP contribution in [-0.4, -0.2) is 6.04 Å². The van der Waals surface area contributed by atoms with Gasteiger partial charge in [0.2, 0.25) is 0 Å². The summed E-state index contributed by atoms with van der Waals surface area (Å²) in [6, 6.07) is 8.73. The van der Waals surface area contributed by atoms with E-state index in [0.29, 0.717) is 6.04 Å². The Morgan fingerprint density at radius 2 is 2.00 bits per heavy atom. The molecular formula is C13H16ClN. The van der Waals surface area contributed by atoms with Crippen LogP contribution in [0.2, 0.25) is 5.02 Å². The average Bonchev–Trinajstić information content (AvgIpc) is 2.83. The van der Waals surface area contributed by atoms with Crippen LogP contribution in [0.1, 0.15) is 25.7 Å². The molecule has 15 heavy (non-hydrogen) atoms. The van der Waals surface area contributed by atoms with Crippen molar-refractivity contribution in [3.63, 3.8) is 0 Å². The summed E-state index contributed by atoms with van der Waals surface area (Å²) in [5.41, 5.74) is 1.11. The number of fused-ring (bicyclic) bond motifs is 2. The normalized spacial score (nSPS) is 33.3. The van der Waals surface area contributed by atoms with Crippen molar-refractivity contribution in [2.75, 3.05) is 5.32 Å². The van der Waals surface area contributed by atoms with Crippen molar-refractivity contribution < 1.29 is 0 Å². The molecule has 0 aliphatic heterocycles. The van der Waals surface area contributed by atoms with Gasteiger partial charge in [-0.2, -0.15) is 0 Å². The van der Waals surface area contributed by atoms with Gasteiger partial charge in [-0.1, -0.05) is 30.2 Å². The first-order valence-electron chi connectivity index (χ1n) is 5.84. The molecule has 80 valence electrons. The molecule has 1 N–H and O–H groups in total. The lowest BCUT2D eigenvalue weighted by Gasteiger charge is -2.24. The lowest BCUT2D eigenvalue weighted by atomic mass is 9.95. The second-order valence-corrected chi connectivity index (χ2v) is 5.31. The van der Waals surface area contributed by atoms with E-state index in [1.54, 1.807) is 0 Å².